The largest absolute Gasteiger partial charge is 0.356 e. The van der Waals surface area contributed by atoms with Crippen LogP contribution in [0.15, 0.2) is 73.3 Å². The van der Waals surface area contributed by atoms with Gasteiger partial charge in [-0.05, 0) is 60.6 Å². The van der Waals surface area contributed by atoms with Crippen molar-refractivity contribution in [2.24, 2.45) is 5.41 Å². The molecule has 0 aliphatic carbocycles. The van der Waals surface area contributed by atoms with Gasteiger partial charge in [-0.25, -0.2) is 0 Å². The fraction of sp³-hybridized carbons (Fsp3) is 0.333. The Morgan fingerprint density at radius 2 is 1.76 bits per heavy atom. The molecular formula is C27H30N4O2. The lowest BCUT2D eigenvalue weighted by Crippen LogP contribution is -2.54. The van der Waals surface area contributed by atoms with Crippen LogP contribution in [0.2, 0.25) is 0 Å². The van der Waals surface area contributed by atoms with Crippen LogP contribution in [0.4, 0.5) is 0 Å². The Morgan fingerprint density at radius 3 is 2.48 bits per heavy atom. The van der Waals surface area contributed by atoms with Gasteiger partial charge in [0.2, 0.25) is 11.8 Å². The maximum Gasteiger partial charge on any atom is 0.228 e. The van der Waals surface area contributed by atoms with E-state index in [1.54, 1.807) is 18.6 Å². The number of carbonyl (C=O) groups is 2. The summed E-state index contributed by atoms with van der Waals surface area (Å²) in [6.07, 6.45) is 9.48. The van der Waals surface area contributed by atoms with E-state index >= 15 is 0 Å². The standard InChI is InChI=1S/C27H30N4O2/c1-2-30-26(33)27(17-21-7-3-9-23(15-21)24-10-5-13-29-19-24)11-6-14-31(20-27)25(32)16-22-8-4-12-28-18-22/h3-5,7-10,12-13,15,18-19H,2,6,11,14,16-17,20H2,1H3,(H,30,33)/t27-/m1/s1. The van der Waals surface area contributed by atoms with Crippen LogP contribution >= 0.6 is 0 Å². The van der Waals surface area contributed by atoms with Crippen LogP contribution in [-0.2, 0) is 22.4 Å². The molecule has 0 unspecified atom stereocenters. The molecule has 4 rings (SSSR count). The normalized spacial score (nSPS) is 18.0. The van der Waals surface area contributed by atoms with Gasteiger partial charge < -0.3 is 10.2 Å². The molecule has 1 aliphatic heterocycles. The molecule has 1 saturated heterocycles. The van der Waals surface area contributed by atoms with Crippen LogP contribution < -0.4 is 5.32 Å². The second kappa shape index (κ2) is 10.4. The molecule has 3 heterocycles. The molecular weight excluding hydrogens is 412 g/mol. The van der Waals surface area contributed by atoms with Gasteiger partial charge in [-0.2, -0.15) is 0 Å². The number of amides is 2. The molecule has 1 atom stereocenters. The lowest BCUT2D eigenvalue weighted by molar-refractivity contribution is -0.141. The van der Waals surface area contributed by atoms with Crippen LogP contribution in [0.3, 0.4) is 0 Å². The van der Waals surface area contributed by atoms with Crippen LogP contribution in [-0.4, -0.2) is 46.3 Å². The number of nitrogens with zero attached hydrogens (tertiary/aromatic N) is 3. The van der Waals surface area contributed by atoms with Crippen molar-refractivity contribution in [3.63, 3.8) is 0 Å². The van der Waals surface area contributed by atoms with Crippen LogP contribution in [0.25, 0.3) is 11.1 Å². The summed E-state index contributed by atoms with van der Waals surface area (Å²) in [5.74, 6) is 0.0659. The molecule has 1 aliphatic rings. The van der Waals surface area contributed by atoms with Crippen molar-refractivity contribution in [3.8, 4) is 11.1 Å². The van der Waals surface area contributed by atoms with Gasteiger partial charge in [-0.3, -0.25) is 19.6 Å². The minimum atomic E-state index is -0.646. The van der Waals surface area contributed by atoms with Crippen LogP contribution in [0.1, 0.15) is 30.9 Å². The highest BCUT2D eigenvalue weighted by Gasteiger charge is 2.43. The number of rotatable bonds is 7. The zero-order valence-electron chi connectivity index (χ0n) is 19.0. The van der Waals surface area contributed by atoms with Crippen molar-refractivity contribution < 1.29 is 9.59 Å². The molecule has 1 N–H and O–H groups in total. The maximum atomic E-state index is 13.3. The number of hydrogen-bond donors (Lipinski definition) is 1. The first-order valence-electron chi connectivity index (χ1n) is 11.5. The quantitative estimate of drug-likeness (QED) is 0.606. The van der Waals surface area contributed by atoms with E-state index in [-0.39, 0.29) is 11.8 Å². The number of aromatic nitrogens is 2. The molecule has 3 aromatic rings. The van der Waals surface area contributed by atoms with Crippen molar-refractivity contribution in [2.45, 2.75) is 32.6 Å². The third-order valence-electron chi connectivity index (χ3n) is 6.29. The summed E-state index contributed by atoms with van der Waals surface area (Å²) in [5, 5.41) is 3.03. The molecule has 0 spiro atoms. The second-order valence-electron chi connectivity index (χ2n) is 8.72. The fourth-order valence-corrected chi connectivity index (χ4v) is 4.68. The fourth-order valence-electron chi connectivity index (χ4n) is 4.68. The Morgan fingerprint density at radius 1 is 1.00 bits per heavy atom. The predicted molar refractivity (Wildman–Crippen MR) is 128 cm³/mol. The minimum absolute atomic E-state index is 0.0238. The van der Waals surface area contributed by atoms with Crippen molar-refractivity contribution in [2.75, 3.05) is 19.6 Å². The number of pyridine rings is 2. The van der Waals surface area contributed by atoms with E-state index in [2.05, 4.69) is 33.5 Å². The first kappa shape index (κ1) is 22.6. The summed E-state index contributed by atoms with van der Waals surface area (Å²) in [5.41, 5.74) is 3.45. The maximum absolute atomic E-state index is 13.3. The van der Waals surface area contributed by atoms with Gasteiger partial charge in [0.05, 0.1) is 11.8 Å². The van der Waals surface area contributed by atoms with Gasteiger partial charge in [0.15, 0.2) is 0 Å². The van der Waals surface area contributed by atoms with E-state index in [1.807, 2.05) is 48.4 Å². The minimum Gasteiger partial charge on any atom is -0.356 e. The van der Waals surface area contributed by atoms with Gasteiger partial charge in [-0.15, -0.1) is 0 Å². The van der Waals surface area contributed by atoms with E-state index in [4.69, 9.17) is 0 Å². The zero-order chi connectivity index (χ0) is 23.1. The Kier molecular flexibility index (Phi) is 7.13. The first-order chi connectivity index (χ1) is 16.1. The third-order valence-corrected chi connectivity index (χ3v) is 6.29. The van der Waals surface area contributed by atoms with Crippen molar-refractivity contribution >= 4 is 11.8 Å². The van der Waals surface area contributed by atoms with Crippen LogP contribution in [0.5, 0.6) is 0 Å². The van der Waals surface area contributed by atoms with Gasteiger partial charge in [0.1, 0.15) is 0 Å². The summed E-state index contributed by atoms with van der Waals surface area (Å²) < 4.78 is 0. The highest BCUT2D eigenvalue weighted by atomic mass is 16.2. The van der Waals surface area contributed by atoms with E-state index in [1.165, 1.54) is 0 Å². The Labute approximate surface area is 195 Å². The summed E-state index contributed by atoms with van der Waals surface area (Å²) in [6, 6.07) is 16.0. The molecule has 6 heteroatoms. The lowest BCUT2D eigenvalue weighted by Gasteiger charge is -2.42. The van der Waals surface area contributed by atoms with E-state index < -0.39 is 5.41 Å². The number of likely N-dealkylation sites (tertiary alicyclic amines) is 1. The molecule has 33 heavy (non-hydrogen) atoms. The average Bonchev–Trinajstić information content (AvgIpc) is 2.85. The Bertz CT molecular complexity index is 1090. The number of hydrogen-bond acceptors (Lipinski definition) is 4. The third kappa shape index (κ3) is 5.45. The summed E-state index contributed by atoms with van der Waals surface area (Å²) in [4.78, 5) is 36.6. The van der Waals surface area contributed by atoms with E-state index in [0.29, 0.717) is 32.5 Å². The Balaban J connectivity index is 1.57. The summed E-state index contributed by atoms with van der Waals surface area (Å²) in [7, 11) is 0. The van der Waals surface area contributed by atoms with Gasteiger partial charge in [-0.1, -0.05) is 36.4 Å². The lowest BCUT2D eigenvalue weighted by atomic mass is 9.74. The highest BCUT2D eigenvalue weighted by Crippen LogP contribution is 2.35. The topological polar surface area (TPSA) is 75.2 Å². The van der Waals surface area contributed by atoms with Crippen molar-refractivity contribution in [1.82, 2.24) is 20.2 Å². The number of nitrogens with one attached hydrogen (secondary N) is 1. The predicted octanol–water partition coefficient (Wildman–Crippen LogP) is 3.67. The highest BCUT2D eigenvalue weighted by molar-refractivity contribution is 5.85. The van der Waals surface area contributed by atoms with Gasteiger partial charge in [0, 0.05) is 44.4 Å². The molecule has 2 aromatic heterocycles. The monoisotopic (exact) mass is 442 g/mol. The Hall–Kier alpha value is -3.54. The number of carbonyl (C=O) groups excluding carboxylic acids is 2. The van der Waals surface area contributed by atoms with Crippen LogP contribution in [0, 0.1) is 5.41 Å². The van der Waals surface area contributed by atoms with Gasteiger partial charge in [0.25, 0.3) is 0 Å². The second-order valence-corrected chi connectivity index (χ2v) is 8.72. The molecule has 1 fully saturated rings. The molecule has 2 amide bonds. The molecule has 1 aromatic carbocycles. The first-order valence-corrected chi connectivity index (χ1v) is 11.5. The summed E-state index contributed by atoms with van der Waals surface area (Å²) in [6.45, 7) is 3.60. The molecule has 0 radical (unpaired) electrons. The molecule has 0 bridgehead atoms. The molecule has 170 valence electrons. The van der Waals surface area contributed by atoms with Gasteiger partial charge >= 0.3 is 0 Å². The van der Waals surface area contributed by atoms with E-state index in [9.17, 15) is 9.59 Å². The van der Waals surface area contributed by atoms with Crippen molar-refractivity contribution in [1.29, 1.82) is 0 Å². The molecule has 6 nitrogen and oxygen atoms in total. The smallest absolute Gasteiger partial charge is 0.228 e. The van der Waals surface area contributed by atoms with E-state index in [0.717, 1.165) is 35.1 Å². The van der Waals surface area contributed by atoms with Crippen molar-refractivity contribution in [3.05, 3.63) is 84.4 Å². The molecule has 0 saturated carbocycles. The number of piperidine rings is 1. The SMILES string of the molecule is CCNC(=O)[C@@]1(Cc2cccc(-c3cccnc3)c2)CCCN(C(=O)Cc2cccnc2)C1. The zero-order valence-corrected chi connectivity index (χ0v) is 19.0. The average molecular weight is 443 g/mol. The summed E-state index contributed by atoms with van der Waals surface area (Å²) >= 11 is 0. The number of benzene rings is 1.